The van der Waals surface area contributed by atoms with Crippen molar-refractivity contribution >= 4 is 28.6 Å². The fourth-order valence-corrected chi connectivity index (χ4v) is 7.32. The first-order valence-electron chi connectivity index (χ1n) is 13.1. The van der Waals surface area contributed by atoms with Crippen LogP contribution < -0.4 is 14.4 Å². The predicted octanol–water partition coefficient (Wildman–Crippen LogP) is 5.20. The lowest BCUT2D eigenvalue weighted by Gasteiger charge is -2.44. The molecule has 2 aliphatic rings. The second-order valence-electron chi connectivity index (χ2n) is 11.2. The summed E-state index contributed by atoms with van der Waals surface area (Å²) in [4.78, 5) is 11.8. The molecule has 1 aliphatic carbocycles. The normalized spacial score (nSPS) is 19.2. The first-order valence-corrected chi connectivity index (χ1v) is 15.1. The van der Waals surface area contributed by atoms with Crippen LogP contribution in [0.5, 0.6) is 5.75 Å². The number of methoxy groups -OCH3 is 1. The summed E-state index contributed by atoms with van der Waals surface area (Å²) in [5.41, 5.74) is 2.98. The minimum absolute atomic E-state index is 0.0100. The molecule has 1 spiro atoms. The lowest BCUT2D eigenvalue weighted by molar-refractivity contribution is 0.177. The van der Waals surface area contributed by atoms with E-state index in [4.69, 9.17) is 4.74 Å². The number of hydrogen-bond acceptors (Lipinski definition) is 7. The Labute approximate surface area is 236 Å². The van der Waals surface area contributed by atoms with Gasteiger partial charge in [0.05, 0.1) is 46.6 Å². The van der Waals surface area contributed by atoms with Crippen LogP contribution in [0.15, 0.2) is 58.6 Å². The smallest absolute Gasteiger partial charge is 0.178 e. The van der Waals surface area contributed by atoms with Gasteiger partial charge in [0.2, 0.25) is 0 Å². The van der Waals surface area contributed by atoms with Crippen LogP contribution in [0.3, 0.4) is 0 Å². The van der Waals surface area contributed by atoms with E-state index in [1.54, 1.807) is 24.4 Å². The first-order chi connectivity index (χ1) is 18.6. The van der Waals surface area contributed by atoms with Gasteiger partial charge < -0.3 is 14.7 Å². The maximum atomic E-state index is 14.7. The summed E-state index contributed by atoms with van der Waals surface area (Å²) in [7, 11) is 0.240. The van der Waals surface area contributed by atoms with E-state index in [0.29, 0.717) is 21.4 Å². The van der Waals surface area contributed by atoms with Crippen LogP contribution in [0, 0.1) is 11.2 Å². The second kappa shape index (κ2) is 11.2. The molecule has 1 fully saturated rings. The van der Waals surface area contributed by atoms with Crippen molar-refractivity contribution in [1.82, 2.24) is 14.7 Å². The Balaban J connectivity index is 1.34. The van der Waals surface area contributed by atoms with Crippen molar-refractivity contribution in [3.05, 3.63) is 71.3 Å². The van der Waals surface area contributed by atoms with Crippen LogP contribution in [0.4, 0.5) is 10.2 Å². The van der Waals surface area contributed by atoms with Gasteiger partial charge in [-0.05, 0) is 68.7 Å². The van der Waals surface area contributed by atoms with E-state index >= 15 is 0 Å². The number of rotatable bonds is 7. The minimum Gasteiger partial charge on any atom is -0.494 e. The molecule has 2 atom stereocenters. The standard InChI is InChI=1S/C29H35FN4O3S2/c1-28(2,3)39(36)33-26-20-9-6-5-8-19(20)16-29(26)12-14-34(15-13-29)27-21(18-35)32-24(17-31-27)38-23-11-7-10-22(37-4)25(23)30/h5-11,17,26,33,35H,12-16,18H2,1-4H3/t26-,39?/m1/s1. The average Bonchev–Trinajstić information content (AvgIpc) is 3.22. The number of anilines is 1. The number of fused-ring (bicyclic) bond motifs is 1. The van der Waals surface area contributed by atoms with Gasteiger partial charge in [0.15, 0.2) is 17.4 Å². The molecule has 0 amide bonds. The van der Waals surface area contributed by atoms with E-state index in [1.165, 1.54) is 18.2 Å². The van der Waals surface area contributed by atoms with E-state index in [-0.39, 0.29) is 28.6 Å². The molecular formula is C29H35FN4O3S2. The van der Waals surface area contributed by atoms with Gasteiger partial charge in [-0.25, -0.2) is 23.3 Å². The molecule has 1 unspecified atom stereocenters. The molecule has 0 saturated carbocycles. The van der Waals surface area contributed by atoms with Crippen molar-refractivity contribution in [2.45, 2.75) is 67.4 Å². The van der Waals surface area contributed by atoms with Crippen molar-refractivity contribution < 1.29 is 18.4 Å². The summed E-state index contributed by atoms with van der Waals surface area (Å²) in [5.74, 6) is 0.374. The maximum absolute atomic E-state index is 14.7. The van der Waals surface area contributed by atoms with Crippen molar-refractivity contribution in [1.29, 1.82) is 0 Å². The monoisotopic (exact) mass is 570 g/mol. The quantitative estimate of drug-likeness (QED) is 0.404. The van der Waals surface area contributed by atoms with Gasteiger partial charge in [0.25, 0.3) is 0 Å². The molecule has 0 bridgehead atoms. The third kappa shape index (κ3) is 5.57. The molecule has 208 valence electrons. The van der Waals surface area contributed by atoms with Crippen LogP contribution in [0.2, 0.25) is 0 Å². The number of aliphatic hydroxyl groups excluding tert-OH is 1. The molecule has 1 aliphatic heterocycles. The molecule has 3 aromatic rings. The largest absolute Gasteiger partial charge is 0.494 e. The highest BCUT2D eigenvalue weighted by molar-refractivity contribution is 7.99. The molecule has 2 heterocycles. The molecule has 39 heavy (non-hydrogen) atoms. The van der Waals surface area contributed by atoms with Gasteiger partial charge in [0, 0.05) is 13.1 Å². The SMILES string of the molecule is COc1cccc(Sc2cnc(N3CCC4(CC3)Cc3ccccc3[C@H]4NS(=O)C(C)(C)C)c(CO)n2)c1F. The summed E-state index contributed by atoms with van der Waals surface area (Å²) in [6.07, 6.45) is 4.35. The van der Waals surface area contributed by atoms with Crippen molar-refractivity contribution in [3.63, 3.8) is 0 Å². The van der Waals surface area contributed by atoms with Crippen LogP contribution in [-0.4, -0.2) is 44.2 Å². The summed E-state index contributed by atoms with van der Waals surface area (Å²) in [6.45, 7) is 7.20. The van der Waals surface area contributed by atoms with E-state index in [9.17, 15) is 13.7 Å². The third-order valence-corrected chi connectivity index (χ3v) is 10.2. The number of halogens is 1. The Hall–Kier alpha value is -2.53. The molecule has 2 aromatic carbocycles. The highest BCUT2D eigenvalue weighted by atomic mass is 32.2. The van der Waals surface area contributed by atoms with Gasteiger partial charge in [-0.2, -0.15) is 0 Å². The molecule has 2 N–H and O–H groups in total. The van der Waals surface area contributed by atoms with E-state index in [0.717, 1.165) is 44.1 Å². The van der Waals surface area contributed by atoms with Gasteiger partial charge >= 0.3 is 0 Å². The summed E-state index contributed by atoms with van der Waals surface area (Å²) in [6, 6.07) is 13.4. The van der Waals surface area contributed by atoms with E-state index in [1.807, 2.05) is 20.8 Å². The predicted molar refractivity (Wildman–Crippen MR) is 153 cm³/mol. The lowest BCUT2D eigenvalue weighted by Crippen LogP contribution is -2.48. The van der Waals surface area contributed by atoms with Crippen LogP contribution in [0.1, 0.15) is 56.5 Å². The zero-order valence-electron chi connectivity index (χ0n) is 22.7. The Morgan fingerprint density at radius 2 is 1.95 bits per heavy atom. The number of benzene rings is 2. The molecule has 0 radical (unpaired) electrons. The lowest BCUT2D eigenvalue weighted by atomic mass is 9.73. The molecule has 1 saturated heterocycles. The number of aliphatic hydroxyl groups is 1. The molecule has 5 rings (SSSR count). The number of ether oxygens (including phenoxy) is 1. The topological polar surface area (TPSA) is 87.6 Å². The molecular weight excluding hydrogens is 535 g/mol. The van der Waals surface area contributed by atoms with Crippen LogP contribution >= 0.6 is 11.8 Å². The highest BCUT2D eigenvalue weighted by Gasteiger charge is 2.49. The average molecular weight is 571 g/mol. The first kappa shape index (κ1) is 28.0. The summed E-state index contributed by atoms with van der Waals surface area (Å²) < 4.78 is 36.0. The summed E-state index contributed by atoms with van der Waals surface area (Å²) >= 11 is 1.15. The van der Waals surface area contributed by atoms with Crippen LogP contribution in [-0.2, 0) is 24.0 Å². The fourth-order valence-electron chi connectivity index (χ4n) is 5.55. The highest BCUT2D eigenvalue weighted by Crippen LogP contribution is 2.52. The number of nitrogens with zero attached hydrogens (tertiary/aromatic N) is 3. The van der Waals surface area contributed by atoms with Gasteiger partial charge in [-0.1, -0.05) is 42.1 Å². The number of nitrogens with one attached hydrogen (secondary N) is 1. The second-order valence-corrected chi connectivity index (χ2v) is 14.2. The van der Waals surface area contributed by atoms with Crippen LogP contribution in [0.25, 0.3) is 0 Å². The van der Waals surface area contributed by atoms with Crippen molar-refractivity contribution in [3.8, 4) is 5.75 Å². The zero-order chi connectivity index (χ0) is 27.8. The van der Waals surface area contributed by atoms with Gasteiger partial charge in [-0.15, -0.1) is 0 Å². The zero-order valence-corrected chi connectivity index (χ0v) is 24.4. The number of piperidine rings is 1. The molecule has 10 heteroatoms. The van der Waals surface area contributed by atoms with E-state index in [2.05, 4.69) is 43.9 Å². The number of aromatic nitrogens is 2. The van der Waals surface area contributed by atoms with E-state index < -0.39 is 16.8 Å². The fraction of sp³-hybridized carbons (Fsp3) is 0.448. The summed E-state index contributed by atoms with van der Waals surface area (Å²) in [5, 5.41) is 10.6. The number of hydrogen-bond donors (Lipinski definition) is 2. The van der Waals surface area contributed by atoms with Gasteiger partial charge in [0.1, 0.15) is 10.7 Å². The Morgan fingerprint density at radius 1 is 1.21 bits per heavy atom. The van der Waals surface area contributed by atoms with Gasteiger partial charge in [-0.3, -0.25) is 0 Å². The third-order valence-electron chi connectivity index (χ3n) is 7.67. The van der Waals surface area contributed by atoms with Crippen molar-refractivity contribution in [2.75, 3.05) is 25.1 Å². The Morgan fingerprint density at radius 3 is 2.64 bits per heavy atom. The Kier molecular flexibility index (Phi) is 8.01. The molecule has 7 nitrogen and oxygen atoms in total. The van der Waals surface area contributed by atoms with Crippen molar-refractivity contribution in [2.24, 2.45) is 5.41 Å². The Bertz CT molecular complexity index is 1370. The minimum atomic E-state index is -1.19. The maximum Gasteiger partial charge on any atom is 0.178 e. The molecule has 1 aromatic heterocycles.